The lowest BCUT2D eigenvalue weighted by atomic mass is 9.95. The molecule has 5 nitrogen and oxygen atoms in total. The fourth-order valence-corrected chi connectivity index (χ4v) is 3.19. The zero-order valence-corrected chi connectivity index (χ0v) is 12.9. The average Bonchev–Trinajstić information content (AvgIpc) is 2.48. The lowest BCUT2D eigenvalue weighted by molar-refractivity contribution is -0.136. The molecule has 2 rings (SSSR count). The van der Waals surface area contributed by atoms with Gasteiger partial charge in [-0.05, 0) is 25.8 Å². The Morgan fingerprint density at radius 2 is 1.90 bits per heavy atom. The first kappa shape index (κ1) is 15.7. The van der Waals surface area contributed by atoms with Gasteiger partial charge in [-0.2, -0.15) is 0 Å². The van der Waals surface area contributed by atoms with Crippen LogP contribution in [0.3, 0.4) is 0 Å². The van der Waals surface area contributed by atoms with Gasteiger partial charge in [-0.15, -0.1) is 0 Å². The summed E-state index contributed by atoms with van der Waals surface area (Å²) in [5.41, 5.74) is 0. The minimum Gasteiger partial charge on any atom is -0.379 e. The molecule has 0 radical (unpaired) electrons. The van der Waals surface area contributed by atoms with Gasteiger partial charge in [0.15, 0.2) is 0 Å². The summed E-state index contributed by atoms with van der Waals surface area (Å²) in [6.45, 7) is 9.71. The van der Waals surface area contributed by atoms with Crippen LogP contribution >= 0.6 is 0 Å². The second-order valence-electron chi connectivity index (χ2n) is 6.14. The smallest absolute Gasteiger partial charge is 0.226 e. The van der Waals surface area contributed by atoms with Gasteiger partial charge in [0.1, 0.15) is 0 Å². The maximum Gasteiger partial charge on any atom is 0.226 e. The molecule has 1 N–H and O–H groups in total. The Balaban J connectivity index is 1.70. The normalized spacial score (nSPS) is 23.8. The van der Waals surface area contributed by atoms with Crippen molar-refractivity contribution in [1.29, 1.82) is 0 Å². The van der Waals surface area contributed by atoms with Crippen LogP contribution in [0.1, 0.15) is 19.8 Å². The van der Waals surface area contributed by atoms with Gasteiger partial charge in [0, 0.05) is 45.2 Å². The lowest BCUT2D eigenvalue weighted by Crippen LogP contribution is -2.46. The molecule has 2 aliphatic rings. The van der Waals surface area contributed by atoms with Crippen LogP contribution < -0.4 is 5.32 Å². The molecule has 2 heterocycles. The molecule has 20 heavy (non-hydrogen) atoms. The Hall–Kier alpha value is -0.650. The summed E-state index contributed by atoms with van der Waals surface area (Å²) in [5, 5.41) is 3.08. The number of carbonyl (C=O) groups excluding carboxylic acids is 1. The van der Waals surface area contributed by atoms with Crippen molar-refractivity contribution in [2.45, 2.75) is 19.8 Å². The van der Waals surface area contributed by atoms with Crippen molar-refractivity contribution >= 4 is 5.91 Å². The van der Waals surface area contributed by atoms with Gasteiger partial charge in [-0.1, -0.05) is 6.92 Å². The average molecular weight is 283 g/mol. The van der Waals surface area contributed by atoms with Crippen LogP contribution in [0.2, 0.25) is 0 Å². The first-order valence-corrected chi connectivity index (χ1v) is 7.94. The van der Waals surface area contributed by atoms with E-state index in [1.54, 1.807) is 0 Å². The molecule has 0 aromatic rings. The van der Waals surface area contributed by atoms with E-state index in [-0.39, 0.29) is 5.92 Å². The maximum absolute atomic E-state index is 12.2. The van der Waals surface area contributed by atoms with E-state index in [9.17, 15) is 4.79 Å². The standard InChI is InChI=1S/C15H29N3O2/c1-13(11-16-2)15(19)18-5-3-14(4-6-18)12-17-7-9-20-10-8-17/h13-14,16H,3-12H2,1-2H3. The van der Waals surface area contributed by atoms with Crippen LogP contribution in [0.15, 0.2) is 0 Å². The lowest BCUT2D eigenvalue weighted by Gasteiger charge is -2.36. The van der Waals surface area contributed by atoms with Gasteiger partial charge in [-0.3, -0.25) is 9.69 Å². The topological polar surface area (TPSA) is 44.8 Å². The summed E-state index contributed by atoms with van der Waals surface area (Å²) in [7, 11) is 1.90. The van der Waals surface area contributed by atoms with Crippen LogP contribution in [0.4, 0.5) is 0 Å². The third-order valence-electron chi connectivity index (χ3n) is 4.48. The number of carbonyl (C=O) groups is 1. The predicted octanol–water partition coefficient (Wildman–Crippen LogP) is 0.413. The number of piperidine rings is 1. The van der Waals surface area contributed by atoms with Crippen LogP contribution in [0.25, 0.3) is 0 Å². The SMILES string of the molecule is CNCC(C)C(=O)N1CCC(CN2CCOCC2)CC1. The monoisotopic (exact) mass is 283 g/mol. The number of hydrogen-bond acceptors (Lipinski definition) is 4. The molecular formula is C15H29N3O2. The van der Waals surface area contributed by atoms with Crippen LogP contribution in [0, 0.1) is 11.8 Å². The van der Waals surface area contributed by atoms with Gasteiger partial charge < -0.3 is 15.0 Å². The largest absolute Gasteiger partial charge is 0.379 e. The van der Waals surface area contributed by atoms with Crippen molar-refractivity contribution < 1.29 is 9.53 Å². The van der Waals surface area contributed by atoms with Crippen LogP contribution in [-0.2, 0) is 9.53 Å². The van der Waals surface area contributed by atoms with E-state index in [1.165, 1.54) is 6.54 Å². The van der Waals surface area contributed by atoms with Crippen molar-refractivity contribution in [3.05, 3.63) is 0 Å². The molecule has 1 atom stereocenters. The van der Waals surface area contributed by atoms with Crippen LogP contribution in [-0.4, -0.2) is 75.2 Å². The molecule has 2 fully saturated rings. The number of ether oxygens (including phenoxy) is 1. The first-order valence-electron chi connectivity index (χ1n) is 7.94. The predicted molar refractivity (Wildman–Crippen MR) is 79.7 cm³/mol. The maximum atomic E-state index is 12.2. The molecule has 2 saturated heterocycles. The summed E-state index contributed by atoms with van der Waals surface area (Å²) in [6, 6.07) is 0. The fraction of sp³-hybridized carbons (Fsp3) is 0.933. The Labute approximate surface area is 122 Å². The van der Waals surface area contributed by atoms with E-state index in [2.05, 4.69) is 15.1 Å². The molecule has 2 aliphatic heterocycles. The number of likely N-dealkylation sites (tertiary alicyclic amines) is 1. The molecule has 0 aromatic carbocycles. The van der Waals surface area contributed by atoms with E-state index in [0.29, 0.717) is 5.91 Å². The number of nitrogens with one attached hydrogen (secondary N) is 1. The molecule has 0 spiro atoms. The molecule has 0 bridgehead atoms. The molecule has 5 heteroatoms. The molecule has 0 aliphatic carbocycles. The number of rotatable bonds is 5. The Bertz CT molecular complexity index is 297. The van der Waals surface area contributed by atoms with Gasteiger partial charge in [0.2, 0.25) is 5.91 Å². The Morgan fingerprint density at radius 3 is 2.50 bits per heavy atom. The van der Waals surface area contributed by atoms with E-state index in [1.807, 2.05) is 14.0 Å². The van der Waals surface area contributed by atoms with Crippen molar-refractivity contribution in [3.63, 3.8) is 0 Å². The highest BCUT2D eigenvalue weighted by atomic mass is 16.5. The van der Waals surface area contributed by atoms with Crippen molar-refractivity contribution in [3.8, 4) is 0 Å². The van der Waals surface area contributed by atoms with E-state index in [4.69, 9.17) is 4.74 Å². The minimum atomic E-state index is 0.0933. The summed E-state index contributed by atoms with van der Waals surface area (Å²) < 4.78 is 5.39. The van der Waals surface area contributed by atoms with Gasteiger partial charge in [0.25, 0.3) is 0 Å². The van der Waals surface area contributed by atoms with E-state index in [0.717, 1.165) is 64.7 Å². The second kappa shape index (κ2) is 7.96. The van der Waals surface area contributed by atoms with Gasteiger partial charge in [0.05, 0.1) is 13.2 Å². The Kier molecular flexibility index (Phi) is 6.26. The zero-order chi connectivity index (χ0) is 14.4. The highest BCUT2D eigenvalue weighted by molar-refractivity contribution is 5.78. The molecule has 116 valence electrons. The summed E-state index contributed by atoms with van der Waals surface area (Å²) in [5.74, 6) is 1.15. The minimum absolute atomic E-state index is 0.0933. The number of morpholine rings is 1. The summed E-state index contributed by atoms with van der Waals surface area (Å²) in [4.78, 5) is 16.8. The third kappa shape index (κ3) is 4.43. The number of amides is 1. The van der Waals surface area contributed by atoms with Crippen molar-refractivity contribution in [2.75, 3.05) is 59.5 Å². The number of nitrogens with zero attached hydrogens (tertiary/aromatic N) is 2. The second-order valence-corrected chi connectivity index (χ2v) is 6.14. The van der Waals surface area contributed by atoms with Gasteiger partial charge in [-0.25, -0.2) is 0 Å². The van der Waals surface area contributed by atoms with Gasteiger partial charge >= 0.3 is 0 Å². The molecule has 0 aromatic heterocycles. The van der Waals surface area contributed by atoms with E-state index < -0.39 is 0 Å². The molecule has 1 unspecified atom stereocenters. The molecule has 1 amide bonds. The quantitative estimate of drug-likeness (QED) is 0.794. The molecular weight excluding hydrogens is 254 g/mol. The summed E-state index contributed by atoms with van der Waals surface area (Å²) >= 11 is 0. The van der Waals surface area contributed by atoms with E-state index >= 15 is 0 Å². The Morgan fingerprint density at radius 1 is 1.25 bits per heavy atom. The molecule has 0 saturated carbocycles. The highest BCUT2D eigenvalue weighted by Gasteiger charge is 2.26. The number of hydrogen-bond donors (Lipinski definition) is 1. The zero-order valence-electron chi connectivity index (χ0n) is 12.9. The third-order valence-corrected chi connectivity index (χ3v) is 4.48. The highest BCUT2D eigenvalue weighted by Crippen LogP contribution is 2.20. The van der Waals surface area contributed by atoms with Crippen molar-refractivity contribution in [2.24, 2.45) is 11.8 Å². The fourth-order valence-electron chi connectivity index (χ4n) is 3.19. The van der Waals surface area contributed by atoms with Crippen molar-refractivity contribution in [1.82, 2.24) is 15.1 Å². The summed E-state index contributed by atoms with van der Waals surface area (Å²) in [6.07, 6.45) is 2.30. The first-order chi connectivity index (χ1) is 9.70. The van der Waals surface area contributed by atoms with Crippen LogP contribution in [0.5, 0.6) is 0 Å².